The number of nitrogens with zero attached hydrogens (tertiary/aromatic N) is 2. The lowest BCUT2D eigenvalue weighted by atomic mass is 10.1. The van der Waals surface area contributed by atoms with Crippen molar-refractivity contribution in [1.82, 2.24) is 10.9 Å². The molecular weight excluding hydrogens is 306 g/mol. The maximum atomic E-state index is 5.25. The first kappa shape index (κ1) is 17.0. The lowest BCUT2D eigenvalue weighted by molar-refractivity contribution is 0.414. The third kappa shape index (κ3) is 7.33. The Morgan fingerprint density at radius 3 is 2.52 bits per heavy atom. The minimum Gasteiger partial charge on any atom is -0.497 e. The van der Waals surface area contributed by atoms with Crippen molar-refractivity contribution in [2.24, 2.45) is 15.9 Å². The first-order valence-corrected chi connectivity index (χ1v) is 6.87. The fourth-order valence-electron chi connectivity index (χ4n) is 1.34. The van der Waals surface area contributed by atoms with Crippen LogP contribution in [0.5, 0.6) is 5.75 Å². The molecule has 0 bridgehead atoms. The SMILES string of the molecule is COc1ccc(CC(=S)NN=CC(C)=NNC(N)=S)cc1. The van der Waals surface area contributed by atoms with Crippen molar-refractivity contribution in [3.63, 3.8) is 0 Å². The van der Waals surface area contributed by atoms with Gasteiger partial charge in [0.15, 0.2) is 5.11 Å². The minimum atomic E-state index is 0.103. The van der Waals surface area contributed by atoms with Crippen LogP contribution in [0.15, 0.2) is 34.5 Å². The van der Waals surface area contributed by atoms with E-state index in [9.17, 15) is 0 Å². The van der Waals surface area contributed by atoms with E-state index in [1.54, 1.807) is 14.0 Å². The number of nitrogens with one attached hydrogen (secondary N) is 2. The van der Waals surface area contributed by atoms with Gasteiger partial charge in [-0.05, 0) is 36.8 Å². The van der Waals surface area contributed by atoms with E-state index in [0.29, 0.717) is 17.1 Å². The molecule has 0 aliphatic carbocycles. The topological polar surface area (TPSA) is 84.0 Å². The molecule has 1 aromatic carbocycles. The molecule has 1 rings (SSSR count). The fourth-order valence-corrected chi connectivity index (χ4v) is 1.60. The average molecular weight is 323 g/mol. The number of nitrogens with two attached hydrogens (primary N) is 1. The molecule has 6 nitrogen and oxygen atoms in total. The minimum absolute atomic E-state index is 0.103. The number of thiocarbonyl (C=S) groups is 2. The van der Waals surface area contributed by atoms with Gasteiger partial charge < -0.3 is 10.5 Å². The summed E-state index contributed by atoms with van der Waals surface area (Å²) >= 11 is 9.83. The van der Waals surface area contributed by atoms with E-state index in [-0.39, 0.29) is 5.11 Å². The number of ether oxygens (including phenoxy) is 1. The molecule has 0 atom stereocenters. The van der Waals surface area contributed by atoms with Gasteiger partial charge in [-0.15, -0.1) is 0 Å². The van der Waals surface area contributed by atoms with E-state index in [1.807, 2.05) is 24.3 Å². The van der Waals surface area contributed by atoms with Crippen LogP contribution >= 0.6 is 24.4 Å². The van der Waals surface area contributed by atoms with Crippen LogP contribution in [0.1, 0.15) is 12.5 Å². The van der Waals surface area contributed by atoms with Gasteiger partial charge in [0.25, 0.3) is 0 Å². The highest BCUT2D eigenvalue weighted by Gasteiger charge is 1.99. The highest BCUT2D eigenvalue weighted by molar-refractivity contribution is 7.80. The molecule has 4 N–H and O–H groups in total. The molecule has 0 saturated heterocycles. The summed E-state index contributed by atoms with van der Waals surface area (Å²) in [7, 11) is 1.63. The van der Waals surface area contributed by atoms with Gasteiger partial charge >= 0.3 is 0 Å². The lowest BCUT2D eigenvalue weighted by Gasteiger charge is -2.04. The molecule has 0 saturated carbocycles. The molecule has 0 amide bonds. The number of methoxy groups -OCH3 is 1. The molecule has 21 heavy (non-hydrogen) atoms. The largest absolute Gasteiger partial charge is 0.497 e. The fraction of sp³-hybridized carbons (Fsp3) is 0.231. The predicted octanol–water partition coefficient (Wildman–Crippen LogP) is 1.35. The molecule has 0 aliphatic rings. The Hall–Kier alpha value is -2.06. The molecule has 1 aromatic rings. The lowest BCUT2D eigenvalue weighted by Crippen LogP contribution is -2.25. The van der Waals surface area contributed by atoms with Gasteiger partial charge in [-0.25, -0.2) is 0 Å². The Labute approximate surface area is 134 Å². The summed E-state index contributed by atoms with van der Waals surface area (Å²) in [5, 5.41) is 7.96. The second-order valence-corrected chi connectivity index (χ2v) is 4.98. The van der Waals surface area contributed by atoms with Crippen molar-refractivity contribution >= 4 is 46.5 Å². The number of hydrazone groups is 2. The Kier molecular flexibility index (Phi) is 7.27. The number of hydrogen-bond donors (Lipinski definition) is 3. The Bertz CT molecular complexity index is 554. The summed E-state index contributed by atoms with van der Waals surface area (Å²) < 4.78 is 5.10. The highest BCUT2D eigenvalue weighted by Crippen LogP contribution is 2.11. The van der Waals surface area contributed by atoms with Gasteiger partial charge in [0.1, 0.15) is 10.7 Å². The van der Waals surface area contributed by atoms with Gasteiger partial charge in [0, 0.05) is 6.42 Å². The van der Waals surface area contributed by atoms with Gasteiger partial charge in [0.05, 0.1) is 19.0 Å². The molecule has 0 aliphatic heterocycles. The van der Waals surface area contributed by atoms with Crippen molar-refractivity contribution in [2.75, 3.05) is 7.11 Å². The summed E-state index contributed by atoms with van der Waals surface area (Å²) in [5.74, 6) is 0.813. The first-order chi connectivity index (χ1) is 10.0. The maximum absolute atomic E-state index is 5.25. The zero-order valence-electron chi connectivity index (χ0n) is 11.8. The van der Waals surface area contributed by atoms with Crippen molar-refractivity contribution < 1.29 is 4.74 Å². The van der Waals surface area contributed by atoms with Crippen LogP contribution < -0.4 is 21.3 Å². The summed E-state index contributed by atoms with van der Waals surface area (Å²) in [4.78, 5) is 0.603. The van der Waals surface area contributed by atoms with Crippen LogP contribution in [0.25, 0.3) is 0 Å². The molecule has 112 valence electrons. The second-order valence-electron chi connectivity index (χ2n) is 4.05. The molecular formula is C13H17N5OS2. The van der Waals surface area contributed by atoms with E-state index in [1.165, 1.54) is 6.21 Å². The van der Waals surface area contributed by atoms with Crippen LogP contribution in [0.2, 0.25) is 0 Å². The van der Waals surface area contributed by atoms with Crippen molar-refractivity contribution in [3.8, 4) is 5.75 Å². The normalized spacial score (nSPS) is 11.2. The monoisotopic (exact) mass is 323 g/mol. The Balaban J connectivity index is 2.42. The van der Waals surface area contributed by atoms with Crippen molar-refractivity contribution in [1.29, 1.82) is 0 Å². The van der Waals surface area contributed by atoms with Crippen molar-refractivity contribution in [3.05, 3.63) is 29.8 Å². The standard InChI is InChI=1S/C13H17N5OS2/c1-9(16-18-13(14)21)8-15-17-12(20)7-10-3-5-11(19-2)6-4-10/h3-6,8H,7H2,1-2H3,(H,17,20)(H3,14,18,21). The third-order valence-electron chi connectivity index (χ3n) is 2.31. The predicted molar refractivity (Wildman–Crippen MR) is 94.0 cm³/mol. The van der Waals surface area contributed by atoms with Crippen LogP contribution in [0.4, 0.5) is 0 Å². The highest BCUT2D eigenvalue weighted by atomic mass is 32.1. The smallest absolute Gasteiger partial charge is 0.184 e. The van der Waals surface area contributed by atoms with Gasteiger partial charge in [-0.1, -0.05) is 24.4 Å². The molecule has 0 heterocycles. The van der Waals surface area contributed by atoms with E-state index in [4.69, 9.17) is 22.7 Å². The van der Waals surface area contributed by atoms with Crippen LogP contribution in [-0.2, 0) is 6.42 Å². The van der Waals surface area contributed by atoms with E-state index < -0.39 is 0 Å². The van der Waals surface area contributed by atoms with Crippen LogP contribution in [0.3, 0.4) is 0 Å². The summed E-state index contributed by atoms with van der Waals surface area (Å²) in [5.41, 5.74) is 12.2. The molecule has 0 fully saturated rings. The molecule has 0 radical (unpaired) electrons. The summed E-state index contributed by atoms with van der Waals surface area (Å²) in [6, 6.07) is 7.68. The van der Waals surface area contributed by atoms with Gasteiger partial charge in [-0.2, -0.15) is 10.2 Å². The summed E-state index contributed by atoms with van der Waals surface area (Å²) in [6.45, 7) is 1.75. The van der Waals surface area contributed by atoms with E-state index in [0.717, 1.165) is 11.3 Å². The third-order valence-corrected chi connectivity index (χ3v) is 2.63. The average Bonchev–Trinajstić information content (AvgIpc) is 2.46. The zero-order chi connectivity index (χ0) is 15.7. The molecule has 0 unspecified atom stereocenters. The van der Waals surface area contributed by atoms with Crippen LogP contribution in [0, 0.1) is 0 Å². The summed E-state index contributed by atoms with van der Waals surface area (Å²) in [6.07, 6.45) is 2.11. The Morgan fingerprint density at radius 2 is 1.95 bits per heavy atom. The van der Waals surface area contributed by atoms with Gasteiger partial charge in [0.2, 0.25) is 0 Å². The van der Waals surface area contributed by atoms with Crippen molar-refractivity contribution in [2.45, 2.75) is 13.3 Å². The zero-order valence-corrected chi connectivity index (χ0v) is 13.4. The van der Waals surface area contributed by atoms with Crippen LogP contribution in [-0.4, -0.2) is 29.1 Å². The van der Waals surface area contributed by atoms with E-state index >= 15 is 0 Å². The number of hydrogen-bond acceptors (Lipinski definition) is 5. The Morgan fingerprint density at radius 1 is 1.29 bits per heavy atom. The first-order valence-electron chi connectivity index (χ1n) is 6.06. The van der Waals surface area contributed by atoms with E-state index in [2.05, 4.69) is 33.3 Å². The molecule has 0 spiro atoms. The maximum Gasteiger partial charge on any atom is 0.184 e. The molecule has 0 aromatic heterocycles. The quantitative estimate of drug-likeness (QED) is 0.416. The molecule has 8 heteroatoms. The van der Waals surface area contributed by atoms with Gasteiger partial charge in [-0.3, -0.25) is 10.9 Å². The number of rotatable bonds is 6. The second kappa shape index (κ2) is 8.98. The number of benzene rings is 1.